The average Bonchev–Trinajstić information content (AvgIpc) is 2.11. The lowest BCUT2D eigenvalue weighted by atomic mass is 10.1. The predicted molar refractivity (Wildman–Crippen MR) is 56.8 cm³/mol. The molecule has 0 fully saturated rings. The van der Waals surface area contributed by atoms with Crippen LogP contribution in [0.1, 0.15) is 19.8 Å². The summed E-state index contributed by atoms with van der Waals surface area (Å²) in [5.41, 5.74) is 5.45. The summed E-state index contributed by atoms with van der Waals surface area (Å²) >= 11 is 0. The quantitative estimate of drug-likeness (QED) is 0.616. The van der Waals surface area contributed by atoms with Gasteiger partial charge in [0.2, 0.25) is 0 Å². The summed E-state index contributed by atoms with van der Waals surface area (Å²) in [4.78, 5) is 2.31. The van der Waals surface area contributed by atoms with Crippen molar-refractivity contribution in [1.29, 1.82) is 0 Å². The van der Waals surface area contributed by atoms with Crippen LogP contribution in [0, 0.1) is 5.92 Å². The van der Waals surface area contributed by atoms with Gasteiger partial charge in [0.05, 0.1) is 6.61 Å². The molecule has 80 valence electrons. The van der Waals surface area contributed by atoms with Gasteiger partial charge in [-0.1, -0.05) is 6.92 Å². The second kappa shape index (κ2) is 8.48. The van der Waals surface area contributed by atoms with Gasteiger partial charge in [0.25, 0.3) is 0 Å². The molecule has 1 unspecified atom stereocenters. The van der Waals surface area contributed by atoms with Crippen molar-refractivity contribution < 1.29 is 4.74 Å². The van der Waals surface area contributed by atoms with E-state index in [2.05, 4.69) is 18.9 Å². The lowest BCUT2D eigenvalue weighted by Gasteiger charge is -2.20. The number of rotatable bonds is 8. The minimum atomic E-state index is 0.741. The Balaban J connectivity index is 3.35. The van der Waals surface area contributed by atoms with E-state index in [0.29, 0.717) is 0 Å². The zero-order valence-corrected chi connectivity index (χ0v) is 9.25. The Morgan fingerprint density at radius 3 is 2.69 bits per heavy atom. The number of ether oxygens (including phenoxy) is 1. The van der Waals surface area contributed by atoms with Crippen molar-refractivity contribution in [2.45, 2.75) is 19.8 Å². The Hall–Kier alpha value is -0.120. The predicted octanol–water partition coefficient (Wildman–Crippen LogP) is 0.940. The van der Waals surface area contributed by atoms with Crippen molar-refractivity contribution in [3.05, 3.63) is 0 Å². The van der Waals surface area contributed by atoms with Crippen molar-refractivity contribution in [2.75, 3.05) is 40.4 Å². The zero-order chi connectivity index (χ0) is 10.1. The van der Waals surface area contributed by atoms with E-state index < -0.39 is 0 Å². The maximum absolute atomic E-state index is 5.45. The van der Waals surface area contributed by atoms with Crippen LogP contribution in [0.25, 0.3) is 0 Å². The molecule has 0 bridgehead atoms. The molecule has 0 radical (unpaired) electrons. The molecule has 0 heterocycles. The van der Waals surface area contributed by atoms with Crippen LogP contribution in [-0.2, 0) is 4.74 Å². The maximum Gasteiger partial charge on any atom is 0.0589 e. The van der Waals surface area contributed by atoms with Gasteiger partial charge in [-0.3, -0.25) is 0 Å². The fraction of sp³-hybridized carbons (Fsp3) is 1.00. The van der Waals surface area contributed by atoms with Gasteiger partial charge in [-0.15, -0.1) is 0 Å². The van der Waals surface area contributed by atoms with Crippen LogP contribution >= 0.6 is 0 Å². The molecule has 0 spiro atoms. The molecule has 0 aromatic rings. The summed E-state index contributed by atoms with van der Waals surface area (Å²) in [7, 11) is 3.88. The van der Waals surface area contributed by atoms with Crippen molar-refractivity contribution in [2.24, 2.45) is 11.7 Å². The molecule has 0 rings (SSSR count). The molecule has 0 aliphatic carbocycles. The third-order valence-electron chi connectivity index (χ3n) is 2.20. The Morgan fingerprint density at radius 1 is 1.46 bits per heavy atom. The number of methoxy groups -OCH3 is 1. The lowest BCUT2D eigenvalue weighted by molar-refractivity contribution is 0.152. The molecule has 3 heteroatoms. The van der Waals surface area contributed by atoms with Gasteiger partial charge in [-0.2, -0.15) is 0 Å². The van der Waals surface area contributed by atoms with E-state index in [9.17, 15) is 0 Å². The number of nitrogens with zero attached hydrogens (tertiary/aromatic N) is 1. The van der Waals surface area contributed by atoms with Crippen molar-refractivity contribution in [1.82, 2.24) is 4.90 Å². The molecular formula is C10H24N2O. The number of nitrogens with two attached hydrogens (primary N) is 1. The molecule has 0 aromatic heterocycles. The van der Waals surface area contributed by atoms with Crippen LogP contribution in [-0.4, -0.2) is 45.3 Å². The summed E-state index contributed by atoms with van der Waals surface area (Å²) in [5.74, 6) is 0.741. The molecule has 13 heavy (non-hydrogen) atoms. The van der Waals surface area contributed by atoms with Gasteiger partial charge in [-0.05, 0) is 32.4 Å². The highest BCUT2D eigenvalue weighted by Gasteiger charge is 2.05. The van der Waals surface area contributed by atoms with Crippen LogP contribution in [0.2, 0.25) is 0 Å². The number of hydrogen-bond acceptors (Lipinski definition) is 3. The molecular weight excluding hydrogens is 164 g/mol. The Bertz CT molecular complexity index is 97.1. The highest BCUT2D eigenvalue weighted by atomic mass is 16.5. The van der Waals surface area contributed by atoms with Crippen molar-refractivity contribution >= 4 is 0 Å². The van der Waals surface area contributed by atoms with E-state index in [1.165, 1.54) is 6.42 Å². The molecule has 2 N–H and O–H groups in total. The first-order valence-corrected chi connectivity index (χ1v) is 5.08. The molecule has 0 aliphatic rings. The minimum Gasteiger partial charge on any atom is -0.383 e. The first kappa shape index (κ1) is 12.9. The standard InChI is InChI=1S/C10H24N2O/c1-10(5-4-6-11)9-12(2)7-8-13-3/h10H,4-9,11H2,1-3H3. The topological polar surface area (TPSA) is 38.5 Å². The Kier molecular flexibility index (Phi) is 8.40. The summed E-state index contributed by atoms with van der Waals surface area (Å²) in [6, 6.07) is 0. The summed E-state index contributed by atoms with van der Waals surface area (Å²) in [6.07, 6.45) is 2.37. The monoisotopic (exact) mass is 188 g/mol. The van der Waals surface area contributed by atoms with Gasteiger partial charge in [0.1, 0.15) is 0 Å². The van der Waals surface area contributed by atoms with E-state index in [1.807, 2.05) is 0 Å². The molecule has 0 amide bonds. The van der Waals surface area contributed by atoms with Crippen LogP contribution in [0.3, 0.4) is 0 Å². The Labute approximate surface area is 82.2 Å². The molecule has 3 nitrogen and oxygen atoms in total. The largest absolute Gasteiger partial charge is 0.383 e. The zero-order valence-electron chi connectivity index (χ0n) is 9.25. The van der Waals surface area contributed by atoms with Gasteiger partial charge < -0.3 is 15.4 Å². The van der Waals surface area contributed by atoms with E-state index in [0.717, 1.165) is 38.6 Å². The Morgan fingerprint density at radius 2 is 2.15 bits per heavy atom. The van der Waals surface area contributed by atoms with Crippen molar-refractivity contribution in [3.8, 4) is 0 Å². The van der Waals surface area contributed by atoms with E-state index in [-0.39, 0.29) is 0 Å². The van der Waals surface area contributed by atoms with Gasteiger partial charge >= 0.3 is 0 Å². The maximum atomic E-state index is 5.45. The normalized spacial score (nSPS) is 13.6. The van der Waals surface area contributed by atoms with Crippen LogP contribution in [0.15, 0.2) is 0 Å². The van der Waals surface area contributed by atoms with Crippen LogP contribution in [0.4, 0.5) is 0 Å². The SMILES string of the molecule is COCCN(C)CC(C)CCCN. The molecule has 0 saturated heterocycles. The second-order valence-corrected chi connectivity index (χ2v) is 3.79. The van der Waals surface area contributed by atoms with Crippen LogP contribution in [0.5, 0.6) is 0 Å². The first-order chi connectivity index (χ1) is 6.20. The molecule has 0 aromatic carbocycles. The second-order valence-electron chi connectivity index (χ2n) is 3.79. The third kappa shape index (κ3) is 8.22. The van der Waals surface area contributed by atoms with E-state index >= 15 is 0 Å². The smallest absolute Gasteiger partial charge is 0.0589 e. The summed E-state index contributed by atoms with van der Waals surface area (Å²) < 4.78 is 5.01. The molecule has 1 atom stereocenters. The lowest BCUT2D eigenvalue weighted by Crippen LogP contribution is -2.28. The fourth-order valence-electron chi connectivity index (χ4n) is 1.43. The summed E-state index contributed by atoms with van der Waals surface area (Å²) in [6.45, 7) is 6.07. The fourth-order valence-corrected chi connectivity index (χ4v) is 1.43. The molecule has 0 saturated carbocycles. The third-order valence-corrected chi connectivity index (χ3v) is 2.20. The minimum absolute atomic E-state index is 0.741. The van der Waals surface area contributed by atoms with Gasteiger partial charge in [-0.25, -0.2) is 0 Å². The molecule has 0 aliphatic heterocycles. The summed E-state index contributed by atoms with van der Waals surface area (Å²) in [5, 5.41) is 0. The van der Waals surface area contributed by atoms with Crippen LogP contribution < -0.4 is 5.73 Å². The average molecular weight is 188 g/mol. The first-order valence-electron chi connectivity index (χ1n) is 5.08. The van der Waals surface area contributed by atoms with E-state index in [4.69, 9.17) is 10.5 Å². The van der Waals surface area contributed by atoms with E-state index in [1.54, 1.807) is 7.11 Å². The highest BCUT2D eigenvalue weighted by Crippen LogP contribution is 2.05. The number of likely N-dealkylation sites (N-methyl/N-ethyl adjacent to an activating group) is 1. The number of hydrogen-bond donors (Lipinski definition) is 1. The van der Waals surface area contributed by atoms with Gasteiger partial charge in [0.15, 0.2) is 0 Å². The van der Waals surface area contributed by atoms with Crippen molar-refractivity contribution in [3.63, 3.8) is 0 Å². The van der Waals surface area contributed by atoms with Gasteiger partial charge in [0, 0.05) is 20.2 Å². The highest BCUT2D eigenvalue weighted by molar-refractivity contribution is 4.59.